The fraction of sp³-hybridized carbons (Fsp3) is 0. The van der Waals surface area contributed by atoms with Gasteiger partial charge in [0.1, 0.15) is 0 Å². The summed E-state index contributed by atoms with van der Waals surface area (Å²) in [5.74, 6) is 0. The Morgan fingerprint density at radius 3 is 2.54 bits per heavy atom. The largest absolute Gasteiger partial charge is 0.396 e. The average Bonchev–Trinajstić information content (AvgIpc) is 2.15. The predicted octanol–water partition coefficient (Wildman–Crippen LogP) is 3.73. The second-order valence-electron chi connectivity index (χ2n) is 2.81. The molecule has 0 aromatic heterocycles. The Morgan fingerprint density at radius 1 is 1.08 bits per heavy atom. The van der Waals surface area contributed by atoms with Crippen LogP contribution in [-0.4, -0.2) is 0 Å². The molecule has 0 bridgehead atoms. The number of halogens is 2. The van der Waals surface area contributed by atoms with Gasteiger partial charge in [-0.2, -0.15) is 0 Å². The number of anilines is 1. The van der Waals surface area contributed by atoms with Gasteiger partial charge in [-0.1, -0.05) is 47.5 Å². The molecule has 2 rings (SSSR count). The molecular formula is C10H7Cl2N. The van der Waals surface area contributed by atoms with Gasteiger partial charge in [-0.3, -0.25) is 0 Å². The first-order valence-electron chi connectivity index (χ1n) is 3.82. The summed E-state index contributed by atoms with van der Waals surface area (Å²) in [4.78, 5) is 0. The molecular weight excluding hydrogens is 205 g/mol. The number of benzene rings is 2. The molecule has 1 nitrogen and oxygen atoms in total. The Kier molecular flexibility index (Phi) is 2.06. The van der Waals surface area contributed by atoms with Gasteiger partial charge in [0.2, 0.25) is 0 Å². The number of fused-ring (bicyclic) bond motifs is 1. The lowest BCUT2D eigenvalue weighted by Crippen LogP contribution is -1.88. The third-order valence-corrected chi connectivity index (χ3v) is 2.69. The van der Waals surface area contributed by atoms with Crippen molar-refractivity contribution in [2.24, 2.45) is 0 Å². The fourth-order valence-electron chi connectivity index (χ4n) is 1.29. The molecule has 0 saturated carbocycles. The zero-order chi connectivity index (χ0) is 9.42. The molecule has 2 N–H and O–H groups in total. The van der Waals surface area contributed by atoms with Crippen LogP contribution in [0.1, 0.15) is 0 Å². The highest BCUT2D eigenvalue weighted by Crippen LogP contribution is 2.34. The zero-order valence-electron chi connectivity index (χ0n) is 6.72. The molecule has 0 unspecified atom stereocenters. The Bertz CT molecular complexity index is 466. The maximum Gasteiger partial charge on any atom is 0.0729 e. The van der Waals surface area contributed by atoms with Crippen molar-refractivity contribution >= 4 is 39.7 Å². The minimum atomic E-state index is 0.446. The predicted molar refractivity (Wildman–Crippen MR) is 58.4 cm³/mol. The molecule has 13 heavy (non-hydrogen) atoms. The lowest BCUT2D eigenvalue weighted by Gasteiger charge is -2.05. The van der Waals surface area contributed by atoms with Crippen LogP contribution in [0, 0.1) is 0 Å². The Labute approximate surface area is 86.1 Å². The van der Waals surface area contributed by atoms with Crippen LogP contribution < -0.4 is 5.73 Å². The Balaban J connectivity index is 2.94. The van der Waals surface area contributed by atoms with Crippen LogP contribution in [0.5, 0.6) is 0 Å². The first kappa shape index (κ1) is 8.67. The fourth-order valence-corrected chi connectivity index (χ4v) is 1.82. The van der Waals surface area contributed by atoms with Gasteiger partial charge in [-0.05, 0) is 11.5 Å². The van der Waals surface area contributed by atoms with E-state index in [0.29, 0.717) is 15.7 Å². The summed E-state index contributed by atoms with van der Waals surface area (Å²) in [6.45, 7) is 0. The van der Waals surface area contributed by atoms with E-state index in [-0.39, 0.29) is 0 Å². The van der Waals surface area contributed by atoms with Crippen molar-refractivity contribution in [3.05, 3.63) is 40.4 Å². The van der Waals surface area contributed by atoms with Crippen LogP contribution in [0.3, 0.4) is 0 Å². The van der Waals surface area contributed by atoms with Crippen molar-refractivity contribution in [3.63, 3.8) is 0 Å². The molecule has 2 aromatic rings. The lowest BCUT2D eigenvalue weighted by molar-refractivity contribution is 1.72. The van der Waals surface area contributed by atoms with E-state index in [2.05, 4.69) is 0 Å². The molecule has 0 heterocycles. The molecule has 0 saturated heterocycles. The maximum atomic E-state index is 6.02. The second kappa shape index (κ2) is 3.09. The van der Waals surface area contributed by atoms with E-state index in [1.165, 1.54) is 0 Å². The van der Waals surface area contributed by atoms with Gasteiger partial charge in [0.25, 0.3) is 0 Å². The molecule has 0 radical (unpaired) electrons. The van der Waals surface area contributed by atoms with Crippen molar-refractivity contribution in [1.29, 1.82) is 0 Å². The summed E-state index contributed by atoms with van der Waals surface area (Å²) in [6, 6.07) is 9.54. The zero-order valence-corrected chi connectivity index (χ0v) is 8.23. The summed E-state index contributed by atoms with van der Waals surface area (Å²) in [7, 11) is 0. The van der Waals surface area contributed by atoms with Gasteiger partial charge in [-0.15, -0.1) is 0 Å². The molecule has 3 heteroatoms. The number of nitrogens with two attached hydrogens (primary N) is 1. The van der Waals surface area contributed by atoms with E-state index >= 15 is 0 Å². The van der Waals surface area contributed by atoms with Gasteiger partial charge in [-0.25, -0.2) is 0 Å². The van der Waals surface area contributed by atoms with E-state index in [1.54, 1.807) is 0 Å². The van der Waals surface area contributed by atoms with Crippen LogP contribution in [-0.2, 0) is 0 Å². The summed E-state index contributed by atoms with van der Waals surface area (Å²) in [5.41, 5.74) is 6.13. The molecule has 0 atom stereocenters. The van der Waals surface area contributed by atoms with Crippen LogP contribution in [0.25, 0.3) is 10.8 Å². The van der Waals surface area contributed by atoms with Crippen molar-refractivity contribution < 1.29 is 0 Å². The summed E-state index contributed by atoms with van der Waals surface area (Å²) >= 11 is 11.9. The van der Waals surface area contributed by atoms with E-state index in [0.717, 1.165) is 10.8 Å². The molecule has 0 fully saturated rings. The minimum Gasteiger partial charge on any atom is -0.396 e. The molecule has 0 aliphatic rings. The standard InChI is InChI=1S/C10H7Cl2N/c11-8-5-6-3-1-2-4-7(6)9(12)10(8)13/h1-5H,13H2. The number of nitrogen functional groups attached to an aromatic ring is 1. The van der Waals surface area contributed by atoms with Crippen LogP contribution in [0.15, 0.2) is 30.3 Å². The first-order valence-corrected chi connectivity index (χ1v) is 4.58. The quantitative estimate of drug-likeness (QED) is 0.661. The third-order valence-electron chi connectivity index (χ3n) is 1.97. The normalized spacial score (nSPS) is 10.6. The van der Waals surface area contributed by atoms with E-state index in [9.17, 15) is 0 Å². The molecule has 0 spiro atoms. The smallest absolute Gasteiger partial charge is 0.0729 e. The van der Waals surface area contributed by atoms with E-state index in [1.807, 2.05) is 30.3 Å². The number of hydrogen-bond donors (Lipinski definition) is 1. The van der Waals surface area contributed by atoms with Gasteiger partial charge in [0.05, 0.1) is 15.7 Å². The highest BCUT2D eigenvalue weighted by atomic mass is 35.5. The Hall–Kier alpha value is -0.920. The van der Waals surface area contributed by atoms with Crippen LogP contribution in [0.2, 0.25) is 10.0 Å². The molecule has 0 aliphatic heterocycles. The SMILES string of the molecule is Nc1c(Cl)cc2ccccc2c1Cl. The molecule has 66 valence electrons. The highest BCUT2D eigenvalue weighted by molar-refractivity contribution is 6.42. The monoisotopic (exact) mass is 211 g/mol. The first-order chi connectivity index (χ1) is 6.20. The lowest BCUT2D eigenvalue weighted by atomic mass is 10.1. The van der Waals surface area contributed by atoms with Gasteiger partial charge in [0.15, 0.2) is 0 Å². The Morgan fingerprint density at radius 2 is 1.77 bits per heavy atom. The maximum absolute atomic E-state index is 6.02. The van der Waals surface area contributed by atoms with Crippen molar-refractivity contribution in [2.75, 3.05) is 5.73 Å². The third kappa shape index (κ3) is 1.34. The summed E-state index contributed by atoms with van der Waals surface area (Å²) in [6.07, 6.45) is 0. The van der Waals surface area contributed by atoms with Crippen molar-refractivity contribution in [3.8, 4) is 0 Å². The molecule has 0 amide bonds. The summed E-state index contributed by atoms with van der Waals surface area (Å²) < 4.78 is 0. The summed E-state index contributed by atoms with van der Waals surface area (Å²) in [5, 5.41) is 2.98. The minimum absolute atomic E-state index is 0.446. The van der Waals surface area contributed by atoms with E-state index < -0.39 is 0 Å². The van der Waals surface area contributed by atoms with Gasteiger partial charge in [0, 0.05) is 5.39 Å². The molecule has 2 aromatic carbocycles. The van der Waals surface area contributed by atoms with Gasteiger partial charge >= 0.3 is 0 Å². The molecule has 0 aliphatic carbocycles. The number of rotatable bonds is 0. The van der Waals surface area contributed by atoms with Crippen molar-refractivity contribution in [1.82, 2.24) is 0 Å². The highest BCUT2D eigenvalue weighted by Gasteiger charge is 2.06. The van der Waals surface area contributed by atoms with Gasteiger partial charge < -0.3 is 5.73 Å². The van der Waals surface area contributed by atoms with Crippen LogP contribution >= 0.6 is 23.2 Å². The second-order valence-corrected chi connectivity index (χ2v) is 3.59. The number of hydrogen-bond acceptors (Lipinski definition) is 1. The topological polar surface area (TPSA) is 26.0 Å². The van der Waals surface area contributed by atoms with Crippen molar-refractivity contribution in [2.45, 2.75) is 0 Å². The average molecular weight is 212 g/mol. The van der Waals surface area contributed by atoms with Crippen LogP contribution in [0.4, 0.5) is 5.69 Å². The van der Waals surface area contributed by atoms with E-state index in [4.69, 9.17) is 28.9 Å².